The summed E-state index contributed by atoms with van der Waals surface area (Å²) in [6.45, 7) is 1.06. The van der Waals surface area contributed by atoms with Crippen LogP contribution < -0.4 is 5.32 Å². The summed E-state index contributed by atoms with van der Waals surface area (Å²) >= 11 is 0. The Hall–Kier alpha value is -2.33. The number of hydrogen-bond acceptors (Lipinski definition) is 3. The molecule has 2 aromatic rings. The van der Waals surface area contributed by atoms with Crippen molar-refractivity contribution in [1.82, 2.24) is 5.32 Å². The van der Waals surface area contributed by atoms with E-state index in [1.807, 2.05) is 0 Å². The lowest BCUT2D eigenvalue weighted by Crippen LogP contribution is -2.35. The van der Waals surface area contributed by atoms with Crippen molar-refractivity contribution < 1.29 is 14.3 Å². The van der Waals surface area contributed by atoms with Gasteiger partial charge in [0.25, 0.3) is 0 Å². The van der Waals surface area contributed by atoms with Gasteiger partial charge in [-0.3, -0.25) is 0 Å². The molecule has 2 heterocycles. The molecular formula is C23H25NO3. The van der Waals surface area contributed by atoms with Crippen LogP contribution >= 0.6 is 0 Å². The number of nitrogens with one attached hydrogen (secondary N) is 1. The largest absolute Gasteiger partial charge is 0.449 e. The SMILES string of the molecule is O=C(NCC1CC2CCC(C1)O2)OCC1c2ccccc2-c2ccccc21. The fourth-order valence-corrected chi connectivity index (χ4v) is 5.01. The van der Waals surface area contributed by atoms with Crippen LogP contribution in [0, 0.1) is 5.92 Å². The lowest BCUT2D eigenvalue weighted by Gasteiger charge is -2.28. The molecule has 4 nitrogen and oxygen atoms in total. The fourth-order valence-electron chi connectivity index (χ4n) is 5.01. The first-order valence-electron chi connectivity index (χ1n) is 10.0. The van der Waals surface area contributed by atoms with Gasteiger partial charge in [0.05, 0.1) is 12.2 Å². The topological polar surface area (TPSA) is 47.6 Å². The molecule has 2 bridgehead atoms. The highest BCUT2D eigenvalue weighted by atomic mass is 16.5. The van der Waals surface area contributed by atoms with Crippen molar-refractivity contribution in [2.45, 2.75) is 43.8 Å². The van der Waals surface area contributed by atoms with Gasteiger partial charge in [-0.2, -0.15) is 0 Å². The molecule has 2 unspecified atom stereocenters. The maximum atomic E-state index is 12.3. The van der Waals surface area contributed by atoms with Crippen LogP contribution in [-0.2, 0) is 9.47 Å². The second-order valence-corrected chi connectivity index (χ2v) is 8.00. The zero-order valence-electron chi connectivity index (χ0n) is 15.4. The molecule has 2 saturated heterocycles. The minimum Gasteiger partial charge on any atom is -0.449 e. The summed E-state index contributed by atoms with van der Waals surface area (Å²) in [5.41, 5.74) is 4.99. The van der Waals surface area contributed by atoms with E-state index in [0.29, 0.717) is 31.3 Å². The van der Waals surface area contributed by atoms with Crippen LogP contribution in [0.4, 0.5) is 4.79 Å². The van der Waals surface area contributed by atoms with Crippen LogP contribution in [0.25, 0.3) is 11.1 Å². The second-order valence-electron chi connectivity index (χ2n) is 8.00. The Morgan fingerprint density at radius 3 is 2.19 bits per heavy atom. The van der Waals surface area contributed by atoms with Crippen molar-refractivity contribution in [3.05, 3.63) is 59.7 Å². The van der Waals surface area contributed by atoms with Gasteiger partial charge in [-0.05, 0) is 53.9 Å². The number of amides is 1. The van der Waals surface area contributed by atoms with Crippen LogP contribution in [0.3, 0.4) is 0 Å². The molecule has 2 atom stereocenters. The summed E-state index contributed by atoms with van der Waals surface area (Å²) in [5.74, 6) is 0.624. The Labute approximate surface area is 159 Å². The monoisotopic (exact) mass is 363 g/mol. The molecule has 2 aliphatic heterocycles. The lowest BCUT2D eigenvalue weighted by molar-refractivity contribution is -0.0188. The zero-order chi connectivity index (χ0) is 18.2. The van der Waals surface area contributed by atoms with Gasteiger partial charge in [-0.15, -0.1) is 0 Å². The number of carbonyl (C=O) groups is 1. The molecule has 0 saturated carbocycles. The van der Waals surface area contributed by atoms with E-state index in [0.717, 1.165) is 12.8 Å². The molecule has 1 N–H and O–H groups in total. The van der Waals surface area contributed by atoms with Crippen LogP contribution in [0.2, 0.25) is 0 Å². The Morgan fingerprint density at radius 1 is 0.963 bits per heavy atom. The van der Waals surface area contributed by atoms with E-state index < -0.39 is 0 Å². The van der Waals surface area contributed by atoms with Crippen LogP contribution in [0.5, 0.6) is 0 Å². The van der Waals surface area contributed by atoms with E-state index in [1.165, 1.54) is 35.1 Å². The quantitative estimate of drug-likeness (QED) is 0.871. The normalized spacial score (nSPS) is 25.7. The summed E-state index contributed by atoms with van der Waals surface area (Å²) in [6, 6.07) is 16.8. The van der Waals surface area contributed by atoms with Crippen molar-refractivity contribution >= 4 is 6.09 Å². The molecular weight excluding hydrogens is 338 g/mol. The minimum absolute atomic E-state index is 0.113. The van der Waals surface area contributed by atoms with E-state index >= 15 is 0 Å². The fraction of sp³-hybridized carbons (Fsp3) is 0.435. The third kappa shape index (κ3) is 3.23. The van der Waals surface area contributed by atoms with E-state index in [-0.39, 0.29) is 12.0 Å². The Bertz CT molecular complexity index is 792. The first-order chi connectivity index (χ1) is 13.3. The van der Waals surface area contributed by atoms with Gasteiger partial charge in [0, 0.05) is 12.5 Å². The van der Waals surface area contributed by atoms with Crippen molar-refractivity contribution in [2.24, 2.45) is 5.92 Å². The average molecular weight is 363 g/mol. The van der Waals surface area contributed by atoms with Crippen molar-refractivity contribution in [1.29, 1.82) is 0 Å². The van der Waals surface area contributed by atoms with Gasteiger partial charge in [-0.1, -0.05) is 48.5 Å². The van der Waals surface area contributed by atoms with Crippen LogP contribution in [0.1, 0.15) is 42.7 Å². The third-order valence-electron chi connectivity index (χ3n) is 6.27. The van der Waals surface area contributed by atoms with Gasteiger partial charge in [0.15, 0.2) is 0 Å². The average Bonchev–Trinajstić information content (AvgIpc) is 3.21. The number of alkyl carbamates (subject to hydrolysis) is 1. The number of fused-ring (bicyclic) bond motifs is 5. The molecule has 27 heavy (non-hydrogen) atoms. The minimum atomic E-state index is -0.310. The van der Waals surface area contributed by atoms with Crippen molar-refractivity contribution in [3.8, 4) is 11.1 Å². The maximum absolute atomic E-state index is 12.3. The number of benzene rings is 2. The summed E-state index contributed by atoms with van der Waals surface area (Å²) < 4.78 is 11.5. The van der Waals surface area contributed by atoms with E-state index in [2.05, 4.69) is 53.8 Å². The molecule has 0 radical (unpaired) electrons. The van der Waals surface area contributed by atoms with E-state index in [1.54, 1.807) is 0 Å². The standard InChI is InChI=1S/C23H25NO3/c25-23(24-13-15-11-16-9-10-17(12-15)27-16)26-14-22-20-7-3-1-5-18(20)19-6-2-4-8-21(19)22/h1-8,15-17,22H,9-14H2,(H,24,25). The highest BCUT2D eigenvalue weighted by molar-refractivity contribution is 5.79. The van der Waals surface area contributed by atoms with Crippen LogP contribution in [0.15, 0.2) is 48.5 Å². The predicted molar refractivity (Wildman–Crippen MR) is 104 cm³/mol. The molecule has 1 amide bonds. The van der Waals surface area contributed by atoms with Gasteiger partial charge in [0.2, 0.25) is 0 Å². The van der Waals surface area contributed by atoms with Gasteiger partial charge in [-0.25, -0.2) is 4.79 Å². The van der Waals surface area contributed by atoms with Crippen molar-refractivity contribution in [2.75, 3.05) is 13.2 Å². The molecule has 0 spiro atoms. The Morgan fingerprint density at radius 2 is 1.56 bits per heavy atom. The van der Waals surface area contributed by atoms with Gasteiger partial charge >= 0.3 is 6.09 Å². The molecule has 140 valence electrons. The Kier molecular flexibility index (Phi) is 4.36. The van der Waals surface area contributed by atoms with Crippen LogP contribution in [-0.4, -0.2) is 31.5 Å². The number of carbonyl (C=O) groups excluding carboxylic acids is 1. The zero-order valence-corrected chi connectivity index (χ0v) is 15.4. The Balaban J connectivity index is 1.19. The molecule has 3 aliphatic rings. The van der Waals surface area contributed by atoms with Gasteiger partial charge in [0.1, 0.15) is 6.61 Å². The smallest absolute Gasteiger partial charge is 0.407 e. The van der Waals surface area contributed by atoms with Crippen molar-refractivity contribution in [3.63, 3.8) is 0 Å². The second kappa shape index (κ2) is 7.01. The highest BCUT2D eigenvalue weighted by Crippen LogP contribution is 2.44. The van der Waals surface area contributed by atoms with Gasteiger partial charge < -0.3 is 14.8 Å². The summed E-state index contributed by atoms with van der Waals surface area (Å²) in [6.07, 6.45) is 4.95. The molecule has 1 aliphatic carbocycles. The summed E-state index contributed by atoms with van der Waals surface area (Å²) in [5, 5.41) is 2.98. The first-order valence-corrected chi connectivity index (χ1v) is 10.0. The number of rotatable bonds is 4. The maximum Gasteiger partial charge on any atom is 0.407 e. The molecule has 0 aromatic heterocycles. The molecule has 4 heteroatoms. The number of hydrogen-bond donors (Lipinski definition) is 1. The third-order valence-corrected chi connectivity index (χ3v) is 6.27. The highest BCUT2D eigenvalue weighted by Gasteiger charge is 2.35. The first kappa shape index (κ1) is 16.8. The summed E-state index contributed by atoms with van der Waals surface area (Å²) in [7, 11) is 0. The summed E-state index contributed by atoms with van der Waals surface area (Å²) in [4.78, 5) is 12.3. The van der Waals surface area contributed by atoms with E-state index in [4.69, 9.17) is 9.47 Å². The number of ether oxygens (including phenoxy) is 2. The molecule has 2 aromatic carbocycles. The van der Waals surface area contributed by atoms with E-state index in [9.17, 15) is 4.79 Å². The molecule has 2 fully saturated rings. The molecule has 5 rings (SSSR count). The lowest BCUT2D eigenvalue weighted by atomic mass is 9.96. The predicted octanol–water partition coefficient (Wildman–Crippen LogP) is 4.48.